The van der Waals surface area contributed by atoms with Crippen molar-refractivity contribution in [1.29, 1.82) is 0 Å². The van der Waals surface area contributed by atoms with Crippen molar-refractivity contribution in [3.05, 3.63) is 64.9 Å². The minimum Gasteiger partial charge on any atom is -0.368 e. The predicted octanol–water partition coefficient (Wildman–Crippen LogP) is 2.79. The van der Waals surface area contributed by atoms with E-state index in [1.54, 1.807) is 24.3 Å². The number of halogens is 2. The van der Waals surface area contributed by atoms with Gasteiger partial charge in [0, 0.05) is 31.2 Å². The zero-order valence-electron chi connectivity index (χ0n) is 16.4. The molecule has 1 saturated heterocycles. The zero-order chi connectivity index (χ0) is 21.2. The average Bonchev–Trinajstić information content (AvgIpc) is 2.75. The second-order valence-corrected chi connectivity index (χ2v) is 9.95. The van der Waals surface area contributed by atoms with Crippen molar-refractivity contribution in [3.63, 3.8) is 0 Å². The molecule has 2 N–H and O–H groups in total. The van der Waals surface area contributed by atoms with Gasteiger partial charge in [-0.25, -0.2) is 12.8 Å². The highest BCUT2D eigenvalue weighted by atomic mass is 35.5. The highest BCUT2D eigenvalue weighted by Gasteiger charge is 2.43. The maximum absolute atomic E-state index is 13.1. The fourth-order valence-electron chi connectivity index (χ4n) is 3.99. The summed E-state index contributed by atoms with van der Waals surface area (Å²) in [5.74, 6) is 0.586. The average molecular weight is 451 g/mol. The molecule has 2 aliphatic heterocycles. The summed E-state index contributed by atoms with van der Waals surface area (Å²) in [7, 11) is -3.56. The van der Waals surface area contributed by atoms with Crippen LogP contribution in [0.25, 0.3) is 0 Å². The summed E-state index contributed by atoms with van der Waals surface area (Å²) in [5.41, 5.74) is 0.590. The minimum atomic E-state index is -3.56. The number of benzene rings is 2. The number of nitrogens with zero attached hydrogens (tertiary/aromatic N) is 2. The Hall–Kier alpha value is -2.00. The van der Waals surface area contributed by atoms with Gasteiger partial charge in [0.1, 0.15) is 11.7 Å². The second kappa shape index (κ2) is 8.63. The van der Waals surface area contributed by atoms with E-state index in [4.69, 9.17) is 11.6 Å². The molecule has 9 heteroatoms. The first-order valence-electron chi connectivity index (χ1n) is 9.93. The predicted molar refractivity (Wildman–Crippen MR) is 116 cm³/mol. The van der Waals surface area contributed by atoms with E-state index < -0.39 is 10.0 Å². The SMILES string of the molecule is O=S(=O)(c1ccc(Cl)cc1)N1CCC2(CC1)NCCN=C2NCc1ccc(F)cc1. The molecule has 0 atom stereocenters. The molecule has 2 aromatic carbocycles. The Bertz CT molecular complexity index is 1020. The van der Waals surface area contributed by atoms with Crippen molar-refractivity contribution >= 4 is 27.5 Å². The van der Waals surface area contributed by atoms with Crippen molar-refractivity contribution in [2.45, 2.75) is 29.8 Å². The highest BCUT2D eigenvalue weighted by molar-refractivity contribution is 7.89. The fraction of sp³-hybridized carbons (Fsp3) is 0.381. The van der Waals surface area contributed by atoms with Crippen LogP contribution in [0.1, 0.15) is 18.4 Å². The summed E-state index contributed by atoms with van der Waals surface area (Å²) in [4.78, 5) is 4.93. The molecule has 0 amide bonds. The summed E-state index contributed by atoms with van der Waals surface area (Å²) in [6, 6.07) is 12.6. The number of piperidine rings is 1. The Balaban J connectivity index is 1.44. The van der Waals surface area contributed by atoms with Crippen LogP contribution in [0.3, 0.4) is 0 Å². The van der Waals surface area contributed by atoms with E-state index in [2.05, 4.69) is 15.6 Å². The Morgan fingerprint density at radius 2 is 1.77 bits per heavy atom. The van der Waals surface area contributed by atoms with Crippen LogP contribution in [0.2, 0.25) is 5.02 Å². The van der Waals surface area contributed by atoms with Gasteiger partial charge >= 0.3 is 0 Å². The van der Waals surface area contributed by atoms with Crippen molar-refractivity contribution in [2.75, 3.05) is 26.2 Å². The maximum atomic E-state index is 13.1. The molecule has 0 aromatic heterocycles. The molecule has 4 rings (SSSR count). The summed E-state index contributed by atoms with van der Waals surface area (Å²) >= 11 is 5.89. The first kappa shape index (κ1) is 21.2. The van der Waals surface area contributed by atoms with Crippen molar-refractivity contribution in [2.24, 2.45) is 4.99 Å². The molecule has 2 heterocycles. The number of amidine groups is 1. The molecule has 0 bridgehead atoms. The Labute approximate surface area is 181 Å². The van der Waals surface area contributed by atoms with Crippen LogP contribution in [-0.2, 0) is 16.6 Å². The summed E-state index contributed by atoms with van der Waals surface area (Å²) in [6.07, 6.45) is 1.24. The van der Waals surface area contributed by atoms with Gasteiger partial charge in [0.05, 0.1) is 17.0 Å². The summed E-state index contributed by atoms with van der Waals surface area (Å²) < 4.78 is 40.6. The summed E-state index contributed by atoms with van der Waals surface area (Å²) in [6.45, 7) is 2.76. The first-order chi connectivity index (χ1) is 14.4. The molecule has 2 aliphatic rings. The van der Waals surface area contributed by atoms with Crippen LogP contribution in [-0.4, -0.2) is 50.3 Å². The third-order valence-corrected chi connectivity index (χ3v) is 7.86. The molecule has 0 aliphatic carbocycles. The van der Waals surface area contributed by atoms with Gasteiger partial charge in [-0.15, -0.1) is 0 Å². The summed E-state index contributed by atoms with van der Waals surface area (Å²) in [5, 5.41) is 7.45. The van der Waals surface area contributed by atoms with E-state index >= 15 is 0 Å². The molecule has 0 radical (unpaired) electrons. The van der Waals surface area contributed by atoms with E-state index in [-0.39, 0.29) is 16.3 Å². The molecule has 0 saturated carbocycles. The van der Waals surface area contributed by atoms with E-state index in [1.807, 2.05) is 0 Å². The fourth-order valence-corrected chi connectivity index (χ4v) is 5.56. The lowest BCUT2D eigenvalue weighted by Crippen LogP contribution is -2.64. The topological polar surface area (TPSA) is 73.8 Å². The lowest BCUT2D eigenvalue weighted by Gasteiger charge is -2.44. The van der Waals surface area contributed by atoms with E-state index in [0.717, 1.165) is 17.9 Å². The highest BCUT2D eigenvalue weighted by Crippen LogP contribution is 2.29. The van der Waals surface area contributed by atoms with Crippen LogP contribution >= 0.6 is 11.6 Å². The van der Waals surface area contributed by atoms with Gasteiger partial charge in [-0.05, 0) is 54.8 Å². The molecular formula is C21H24ClFN4O2S. The van der Waals surface area contributed by atoms with Crippen LogP contribution in [0, 0.1) is 5.82 Å². The van der Waals surface area contributed by atoms with Crippen LogP contribution in [0.4, 0.5) is 4.39 Å². The van der Waals surface area contributed by atoms with Gasteiger partial charge in [-0.3, -0.25) is 4.99 Å². The molecule has 1 spiro atoms. The zero-order valence-corrected chi connectivity index (χ0v) is 18.0. The normalized spacial score (nSPS) is 19.5. The van der Waals surface area contributed by atoms with Crippen molar-refractivity contribution in [1.82, 2.24) is 14.9 Å². The number of rotatable bonds is 4. The first-order valence-corrected chi connectivity index (χ1v) is 11.7. The van der Waals surface area contributed by atoms with E-state index in [1.165, 1.54) is 28.6 Å². The molecule has 2 aromatic rings. The number of aliphatic imine (C=N–C) groups is 1. The number of hydrogen-bond donors (Lipinski definition) is 2. The molecule has 1 fully saturated rings. The van der Waals surface area contributed by atoms with E-state index in [0.29, 0.717) is 44.0 Å². The third kappa shape index (κ3) is 4.37. The maximum Gasteiger partial charge on any atom is 0.243 e. The quantitative estimate of drug-likeness (QED) is 0.751. The van der Waals surface area contributed by atoms with Crippen LogP contribution in [0.15, 0.2) is 58.4 Å². The standard InChI is InChI=1S/C21H24ClFN4O2S/c22-17-3-7-19(8-4-17)30(28,29)27-13-9-21(10-14-27)20(24-11-12-26-21)25-15-16-1-5-18(23)6-2-16/h1-8,26H,9-15H2,(H,24,25). The van der Waals surface area contributed by atoms with Crippen LogP contribution < -0.4 is 10.6 Å². The lowest BCUT2D eigenvalue weighted by atomic mass is 9.85. The van der Waals surface area contributed by atoms with Gasteiger partial charge in [0.15, 0.2) is 0 Å². The molecule has 160 valence electrons. The number of nitrogens with one attached hydrogen (secondary N) is 2. The molecule has 6 nitrogen and oxygen atoms in total. The third-order valence-electron chi connectivity index (χ3n) is 5.70. The van der Waals surface area contributed by atoms with Gasteiger partial charge in [-0.1, -0.05) is 23.7 Å². The molecular weight excluding hydrogens is 427 g/mol. The van der Waals surface area contributed by atoms with Crippen molar-refractivity contribution in [3.8, 4) is 0 Å². The Morgan fingerprint density at radius 3 is 2.43 bits per heavy atom. The molecule has 30 heavy (non-hydrogen) atoms. The van der Waals surface area contributed by atoms with Crippen LogP contribution in [0.5, 0.6) is 0 Å². The second-order valence-electron chi connectivity index (χ2n) is 7.58. The number of sulfonamides is 1. The largest absolute Gasteiger partial charge is 0.368 e. The van der Waals surface area contributed by atoms with Gasteiger partial charge < -0.3 is 10.6 Å². The number of hydrogen-bond acceptors (Lipinski definition) is 5. The van der Waals surface area contributed by atoms with Crippen molar-refractivity contribution < 1.29 is 12.8 Å². The Morgan fingerprint density at radius 1 is 1.10 bits per heavy atom. The van der Waals surface area contributed by atoms with Gasteiger partial charge in [-0.2, -0.15) is 4.31 Å². The lowest BCUT2D eigenvalue weighted by molar-refractivity contribution is 0.241. The van der Waals surface area contributed by atoms with Gasteiger partial charge in [0.25, 0.3) is 0 Å². The van der Waals surface area contributed by atoms with E-state index in [9.17, 15) is 12.8 Å². The van der Waals surface area contributed by atoms with Gasteiger partial charge in [0.2, 0.25) is 10.0 Å². The molecule has 0 unspecified atom stereocenters. The monoisotopic (exact) mass is 450 g/mol. The minimum absolute atomic E-state index is 0.253. The Kier molecular flexibility index (Phi) is 6.11. The smallest absolute Gasteiger partial charge is 0.243 e.